The molecule has 0 unspecified atom stereocenters. The molecule has 7 nitrogen and oxygen atoms in total. The summed E-state index contributed by atoms with van der Waals surface area (Å²) in [4.78, 5) is 24.1. The second kappa shape index (κ2) is 10.2. The van der Waals surface area contributed by atoms with E-state index in [2.05, 4.69) is 20.1 Å². The van der Waals surface area contributed by atoms with Crippen molar-refractivity contribution in [3.8, 4) is 0 Å². The number of hydrogen-bond donors (Lipinski definition) is 1. The van der Waals surface area contributed by atoms with Gasteiger partial charge in [0.05, 0.1) is 5.56 Å². The molecule has 0 radical (unpaired) electrons. The van der Waals surface area contributed by atoms with E-state index in [1.807, 2.05) is 9.80 Å². The molecule has 0 spiro atoms. The molecule has 2 saturated heterocycles. The average molecular weight is 441 g/mol. The largest absolute Gasteiger partial charge is 0.416 e. The first kappa shape index (κ1) is 23.2. The van der Waals surface area contributed by atoms with Crippen LogP contribution < -0.4 is 10.2 Å². The van der Waals surface area contributed by atoms with Crippen LogP contribution in [0.5, 0.6) is 0 Å². The first-order chi connectivity index (χ1) is 14.8. The predicted molar refractivity (Wildman–Crippen MR) is 115 cm³/mol. The second-order valence-corrected chi connectivity index (χ2v) is 7.84. The van der Waals surface area contributed by atoms with Gasteiger partial charge in [0.1, 0.15) is 0 Å². The fourth-order valence-corrected chi connectivity index (χ4v) is 4.00. The molecule has 0 aromatic heterocycles. The second-order valence-electron chi connectivity index (χ2n) is 7.84. The smallest absolute Gasteiger partial charge is 0.368 e. The van der Waals surface area contributed by atoms with Gasteiger partial charge in [-0.15, -0.1) is 0 Å². The van der Waals surface area contributed by atoms with Crippen LogP contribution in [0, 0.1) is 0 Å². The maximum atomic E-state index is 13.0. The van der Waals surface area contributed by atoms with E-state index in [1.54, 1.807) is 20.0 Å². The predicted octanol–water partition coefficient (Wildman–Crippen LogP) is 1.57. The Hall–Kier alpha value is -2.49. The standard InChI is InChI=1S/C21H31F3N6O/c1-17(31)28-10-8-27(9-11-28)7-6-26-20(25-2)30-14-12-29(13-15-30)19-5-3-4-18(16-19)21(22,23)24/h3-5,16H,6-15H2,1-2H3,(H,25,26). The van der Waals surface area contributed by atoms with Crippen molar-refractivity contribution in [3.63, 3.8) is 0 Å². The Morgan fingerprint density at radius 1 is 1.03 bits per heavy atom. The molecule has 2 fully saturated rings. The highest BCUT2D eigenvalue weighted by Gasteiger charge is 2.31. The van der Waals surface area contributed by atoms with Gasteiger partial charge in [0.25, 0.3) is 0 Å². The molecule has 1 N–H and O–H groups in total. The zero-order chi connectivity index (χ0) is 22.4. The summed E-state index contributed by atoms with van der Waals surface area (Å²) in [5, 5.41) is 3.39. The van der Waals surface area contributed by atoms with Crippen molar-refractivity contribution in [2.45, 2.75) is 13.1 Å². The van der Waals surface area contributed by atoms with Crippen molar-refractivity contribution in [1.29, 1.82) is 0 Å². The molecule has 31 heavy (non-hydrogen) atoms. The topological polar surface area (TPSA) is 54.4 Å². The normalized spacial score (nSPS) is 19.0. The van der Waals surface area contributed by atoms with Crippen molar-refractivity contribution in [2.75, 3.05) is 77.4 Å². The number of nitrogens with one attached hydrogen (secondary N) is 1. The molecule has 1 aromatic rings. The Labute approximate surface area is 181 Å². The molecule has 172 valence electrons. The van der Waals surface area contributed by atoms with E-state index in [-0.39, 0.29) is 5.91 Å². The highest BCUT2D eigenvalue weighted by Crippen LogP contribution is 2.31. The Kier molecular flexibility index (Phi) is 7.64. The molecule has 2 aliphatic heterocycles. The number of halogens is 3. The summed E-state index contributed by atoms with van der Waals surface area (Å²) >= 11 is 0. The maximum Gasteiger partial charge on any atom is 0.416 e. The first-order valence-electron chi connectivity index (χ1n) is 10.6. The third-order valence-electron chi connectivity index (χ3n) is 5.86. The van der Waals surface area contributed by atoms with Crippen LogP contribution in [-0.2, 0) is 11.0 Å². The monoisotopic (exact) mass is 440 g/mol. The van der Waals surface area contributed by atoms with Crippen LogP contribution in [0.1, 0.15) is 12.5 Å². The number of amides is 1. The Morgan fingerprint density at radius 3 is 2.26 bits per heavy atom. The molecule has 0 bridgehead atoms. The summed E-state index contributed by atoms with van der Waals surface area (Å²) in [5.41, 5.74) is -0.0174. The number of piperazine rings is 2. The number of guanidine groups is 1. The lowest BCUT2D eigenvalue weighted by Crippen LogP contribution is -2.54. The molecule has 0 atom stereocenters. The van der Waals surface area contributed by atoms with Gasteiger partial charge in [-0.1, -0.05) is 6.07 Å². The maximum absolute atomic E-state index is 13.0. The average Bonchev–Trinajstić information content (AvgIpc) is 2.77. The molecular formula is C21H31F3N6O. The SMILES string of the molecule is CN=C(NCCN1CCN(C(C)=O)CC1)N1CCN(c2cccc(C(F)(F)F)c2)CC1. The zero-order valence-corrected chi connectivity index (χ0v) is 18.2. The summed E-state index contributed by atoms with van der Waals surface area (Å²) in [5.74, 6) is 0.938. The lowest BCUT2D eigenvalue weighted by Gasteiger charge is -2.38. The number of hydrogen-bond acceptors (Lipinski definition) is 4. The molecule has 1 amide bonds. The zero-order valence-electron chi connectivity index (χ0n) is 18.2. The van der Waals surface area contributed by atoms with Gasteiger partial charge in [0.15, 0.2) is 5.96 Å². The van der Waals surface area contributed by atoms with Crippen molar-refractivity contribution >= 4 is 17.6 Å². The minimum absolute atomic E-state index is 0.127. The molecule has 3 rings (SSSR count). The fraction of sp³-hybridized carbons (Fsp3) is 0.619. The van der Waals surface area contributed by atoms with Crippen LogP contribution in [0.15, 0.2) is 29.3 Å². The number of carbonyl (C=O) groups is 1. The summed E-state index contributed by atoms with van der Waals surface area (Å²) in [6.07, 6.45) is -4.33. The summed E-state index contributed by atoms with van der Waals surface area (Å²) in [7, 11) is 1.74. The third-order valence-corrected chi connectivity index (χ3v) is 5.86. The summed E-state index contributed by atoms with van der Waals surface area (Å²) in [6, 6.07) is 5.51. The van der Waals surface area contributed by atoms with Gasteiger partial charge in [0, 0.05) is 85.1 Å². The number of benzene rings is 1. The van der Waals surface area contributed by atoms with Crippen molar-refractivity contribution in [2.24, 2.45) is 4.99 Å². The summed E-state index contributed by atoms with van der Waals surface area (Å²) < 4.78 is 39.0. The number of aliphatic imine (C=N–C) groups is 1. The number of rotatable bonds is 4. The van der Waals surface area contributed by atoms with Crippen LogP contribution in [0.4, 0.5) is 18.9 Å². The van der Waals surface area contributed by atoms with Gasteiger partial charge in [0.2, 0.25) is 5.91 Å². The molecular weight excluding hydrogens is 409 g/mol. The Morgan fingerprint density at radius 2 is 1.68 bits per heavy atom. The van der Waals surface area contributed by atoms with Crippen molar-refractivity contribution in [3.05, 3.63) is 29.8 Å². The molecule has 0 saturated carbocycles. The summed E-state index contributed by atoms with van der Waals surface area (Å²) in [6.45, 7) is 9.14. The van der Waals surface area contributed by atoms with E-state index in [4.69, 9.17) is 0 Å². The van der Waals surface area contributed by atoms with Gasteiger partial charge in [-0.25, -0.2) is 0 Å². The van der Waals surface area contributed by atoms with Gasteiger partial charge >= 0.3 is 6.18 Å². The number of anilines is 1. The van der Waals surface area contributed by atoms with Gasteiger partial charge in [-0.05, 0) is 18.2 Å². The minimum atomic E-state index is -4.33. The van der Waals surface area contributed by atoms with Gasteiger partial charge < -0.3 is 20.0 Å². The molecule has 0 aliphatic carbocycles. The first-order valence-corrected chi connectivity index (χ1v) is 10.6. The van der Waals surface area contributed by atoms with E-state index < -0.39 is 11.7 Å². The molecule has 2 aliphatic rings. The van der Waals surface area contributed by atoms with E-state index in [9.17, 15) is 18.0 Å². The lowest BCUT2D eigenvalue weighted by molar-refractivity contribution is -0.137. The van der Waals surface area contributed by atoms with Crippen LogP contribution in [0.2, 0.25) is 0 Å². The van der Waals surface area contributed by atoms with E-state index in [1.165, 1.54) is 12.1 Å². The quantitative estimate of drug-likeness (QED) is 0.569. The van der Waals surface area contributed by atoms with Crippen LogP contribution >= 0.6 is 0 Å². The highest BCUT2D eigenvalue weighted by molar-refractivity contribution is 5.80. The van der Waals surface area contributed by atoms with Crippen LogP contribution in [-0.4, -0.2) is 99.1 Å². The lowest BCUT2D eigenvalue weighted by atomic mass is 10.1. The third kappa shape index (κ3) is 6.25. The van der Waals surface area contributed by atoms with Gasteiger partial charge in [-0.2, -0.15) is 13.2 Å². The number of carbonyl (C=O) groups excluding carboxylic acids is 1. The van der Waals surface area contributed by atoms with E-state index >= 15 is 0 Å². The van der Waals surface area contributed by atoms with Crippen LogP contribution in [0.3, 0.4) is 0 Å². The molecule has 2 heterocycles. The number of alkyl halides is 3. The number of nitrogens with zero attached hydrogens (tertiary/aromatic N) is 5. The van der Waals surface area contributed by atoms with Crippen molar-refractivity contribution in [1.82, 2.24) is 20.0 Å². The Balaban J connectivity index is 1.44. The van der Waals surface area contributed by atoms with Crippen LogP contribution in [0.25, 0.3) is 0 Å². The minimum Gasteiger partial charge on any atom is -0.368 e. The highest BCUT2D eigenvalue weighted by atomic mass is 19.4. The van der Waals surface area contributed by atoms with Gasteiger partial charge in [-0.3, -0.25) is 14.7 Å². The molecule has 10 heteroatoms. The van der Waals surface area contributed by atoms with E-state index in [0.717, 1.165) is 51.3 Å². The van der Waals surface area contributed by atoms with Crippen molar-refractivity contribution < 1.29 is 18.0 Å². The fourth-order valence-electron chi connectivity index (χ4n) is 4.00. The Bertz CT molecular complexity index is 769. The molecule has 1 aromatic carbocycles. The van der Waals surface area contributed by atoms with E-state index in [0.29, 0.717) is 31.9 Å².